The van der Waals surface area contributed by atoms with E-state index in [0.29, 0.717) is 36.9 Å². The van der Waals surface area contributed by atoms with E-state index < -0.39 is 6.10 Å². The van der Waals surface area contributed by atoms with Gasteiger partial charge in [-0.3, -0.25) is 4.79 Å². The van der Waals surface area contributed by atoms with E-state index in [-0.39, 0.29) is 18.3 Å². The first kappa shape index (κ1) is 19.5. The number of hydrogen-bond acceptors (Lipinski definition) is 5. The fourth-order valence-corrected chi connectivity index (χ4v) is 1.56. The number of carbonyl (C=O) groups excluding carboxylic acids is 1. The molecule has 21 heavy (non-hydrogen) atoms. The van der Waals surface area contributed by atoms with E-state index in [2.05, 4.69) is 5.32 Å². The Bertz CT molecular complexity index is 443. The molecule has 0 bridgehead atoms. The molecule has 1 aromatic rings. The largest absolute Gasteiger partial charge is 0.495 e. The third-order valence-electron chi connectivity index (χ3n) is 2.67. The van der Waals surface area contributed by atoms with Gasteiger partial charge in [0.15, 0.2) is 0 Å². The van der Waals surface area contributed by atoms with Crippen molar-refractivity contribution in [3.63, 3.8) is 0 Å². The van der Waals surface area contributed by atoms with Crippen LogP contribution in [-0.4, -0.2) is 38.9 Å². The molecule has 1 rings (SSSR count). The summed E-state index contributed by atoms with van der Waals surface area (Å²) in [5, 5.41) is 2.73. The Morgan fingerprint density at radius 2 is 2.10 bits per heavy atom. The standard InChI is InChI=1S/C14H22N2O4.ClH/c1-4-19-7-8-20-10(2)14(17)16-11-5-6-13(18-3)12(15)9-11;/h5-6,9-10H,4,7-8,15H2,1-3H3,(H,16,17);1H. The maximum absolute atomic E-state index is 11.9. The lowest BCUT2D eigenvalue weighted by atomic mass is 10.2. The van der Waals surface area contributed by atoms with E-state index in [9.17, 15) is 4.79 Å². The molecule has 1 amide bonds. The molecule has 0 spiro atoms. The lowest BCUT2D eigenvalue weighted by molar-refractivity contribution is -0.127. The van der Waals surface area contributed by atoms with Crippen molar-refractivity contribution in [2.75, 3.05) is 38.0 Å². The molecule has 1 atom stereocenters. The van der Waals surface area contributed by atoms with Crippen LogP contribution in [0.2, 0.25) is 0 Å². The Balaban J connectivity index is 0.00000400. The first-order valence-electron chi connectivity index (χ1n) is 6.52. The number of amides is 1. The maximum atomic E-state index is 11.9. The fraction of sp³-hybridized carbons (Fsp3) is 0.500. The lowest BCUT2D eigenvalue weighted by Gasteiger charge is -2.14. The van der Waals surface area contributed by atoms with E-state index in [1.165, 1.54) is 7.11 Å². The van der Waals surface area contributed by atoms with Crippen molar-refractivity contribution in [1.82, 2.24) is 0 Å². The molecule has 0 aromatic heterocycles. The number of benzene rings is 1. The molecule has 1 unspecified atom stereocenters. The van der Waals surface area contributed by atoms with Crippen molar-refractivity contribution < 1.29 is 19.0 Å². The second kappa shape index (κ2) is 10.3. The van der Waals surface area contributed by atoms with Gasteiger partial charge in [0, 0.05) is 12.3 Å². The topological polar surface area (TPSA) is 82.8 Å². The molecule has 1 aromatic carbocycles. The second-order valence-corrected chi connectivity index (χ2v) is 4.16. The van der Waals surface area contributed by atoms with Gasteiger partial charge in [-0.05, 0) is 32.0 Å². The molecule has 0 aliphatic rings. The van der Waals surface area contributed by atoms with Crippen LogP contribution in [0.15, 0.2) is 18.2 Å². The van der Waals surface area contributed by atoms with Crippen LogP contribution >= 0.6 is 12.4 Å². The molecule has 0 heterocycles. The minimum absolute atomic E-state index is 0. The zero-order chi connectivity index (χ0) is 15.0. The monoisotopic (exact) mass is 318 g/mol. The lowest BCUT2D eigenvalue weighted by Crippen LogP contribution is -2.28. The molecule has 0 radical (unpaired) electrons. The Kier molecular flexibility index (Phi) is 9.53. The zero-order valence-corrected chi connectivity index (χ0v) is 13.4. The predicted molar refractivity (Wildman–Crippen MR) is 85.2 cm³/mol. The van der Waals surface area contributed by atoms with Crippen molar-refractivity contribution in [3.8, 4) is 5.75 Å². The van der Waals surface area contributed by atoms with E-state index in [0.717, 1.165) is 0 Å². The molecule has 0 aliphatic heterocycles. The van der Waals surface area contributed by atoms with Crippen molar-refractivity contribution >= 4 is 29.7 Å². The molecule has 6 nitrogen and oxygen atoms in total. The van der Waals surface area contributed by atoms with Crippen LogP contribution in [0, 0.1) is 0 Å². The Morgan fingerprint density at radius 3 is 2.67 bits per heavy atom. The number of nitrogen functional groups attached to an aromatic ring is 1. The summed E-state index contributed by atoms with van der Waals surface area (Å²) in [7, 11) is 1.54. The van der Waals surface area contributed by atoms with Crippen LogP contribution in [0.4, 0.5) is 11.4 Å². The molecule has 0 aliphatic carbocycles. The van der Waals surface area contributed by atoms with E-state index >= 15 is 0 Å². The third-order valence-corrected chi connectivity index (χ3v) is 2.67. The Labute approximate surface area is 131 Å². The summed E-state index contributed by atoms with van der Waals surface area (Å²) in [5.74, 6) is 0.343. The van der Waals surface area contributed by atoms with E-state index in [1.54, 1.807) is 25.1 Å². The van der Waals surface area contributed by atoms with Crippen LogP contribution in [0.3, 0.4) is 0 Å². The van der Waals surface area contributed by atoms with Crippen LogP contribution < -0.4 is 15.8 Å². The summed E-state index contributed by atoms with van der Waals surface area (Å²) < 4.78 is 15.5. The maximum Gasteiger partial charge on any atom is 0.253 e. The number of ether oxygens (including phenoxy) is 3. The number of carbonyl (C=O) groups is 1. The number of nitrogens with one attached hydrogen (secondary N) is 1. The van der Waals surface area contributed by atoms with Gasteiger partial charge >= 0.3 is 0 Å². The summed E-state index contributed by atoms with van der Waals surface area (Å²) in [6, 6.07) is 5.06. The number of anilines is 2. The molecule has 7 heteroatoms. The predicted octanol–water partition coefficient (Wildman–Crippen LogP) is 2.08. The van der Waals surface area contributed by atoms with Crippen LogP contribution in [0.1, 0.15) is 13.8 Å². The highest BCUT2D eigenvalue weighted by Gasteiger charge is 2.13. The smallest absolute Gasteiger partial charge is 0.253 e. The summed E-state index contributed by atoms with van der Waals surface area (Å²) in [6.45, 7) is 5.09. The summed E-state index contributed by atoms with van der Waals surface area (Å²) >= 11 is 0. The van der Waals surface area contributed by atoms with Gasteiger partial charge in [0.25, 0.3) is 5.91 Å². The first-order valence-corrected chi connectivity index (χ1v) is 6.52. The number of rotatable bonds is 8. The number of halogens is 1. The number of methoxy groups -OCH3 is 1. The van der Waals surface area contributed by atoms with Gasteiger partial charge in [-0.2, -0.15) is 0 Å². The van der Waals surface area contributed by atoms with Gasteiger partial charge in [-0.25, -0.2) is 0 Å². The molecule has 3 N–H and O–H groups in total. The minimum Gasteiger partial charge on any atom is -0.495 e. The van der Waals surface area contributed by atoms with Crippen molar-refractivity contribution in [3.05, 3.63) is 18.2 Å². The molecular formula is C14H23ClN2O4. The summed E-state index contributed by atoms with van der Waals surface area (Å²) in [6.07, 6.45) is -0.557. The summed E-state index contributed by atoms with van der Waals surface area (Å²) in [5.41, 5.74) is 6.85. The molecule has 0 saturated heterocycles. The Morgan fingerprint density at radius 1 is 1.38 bits per heavy atom. The van der Waals surface area contributed by atoms with Gasteiger partial charge < -0.3 is 25.3 Å². The SMILES string of the molecule is CCOCCOC(C)C(=O)Nc1ccc(OC)c(N)c1.Cl. The average Bonchev–Trinajstić information content (AvgIpc) is 2.43. The van der Waals surface area contributed by atoms with E-state index in [4.69, 9.17) is 19.9 Å². The average molecular weight is 319 g/mol. The van der Waals surface area contributed by atoms with Crippen LogP contribution in [0.25, 0.3) is 0 Å². The van der Waals surface area contributed by atoms with Gasteiger partial charge in [-0.15, -0.1) is 12.4 Å². The molecule has 120 valence electrons. The van der Waals surface area contributed by atoms with Gasteiger partial charge in [0.1, 0.15) is 11.9 Å². The quantitative estimate of drug-likeness (QED) is 0.566. The van der Waals surface area contributed by atoms with Crippen LogP contribution in [-0.2, 0) is 14.3 Å². The van der Waals surface area contributed by atoms with Gasteiger partial charge in [0.05, 0.1) is 26.0 Å². The van der Waals surface area contributed by atoms with Gasteiger partial charge in [-0.1, -0.05) is 0 Å². The fourth-order valence-electron chi connectivity index (χ4n) is 1.56. The third kappa shape index (κ3) is 6.66. The van der Waals surface area contributed by atoms with Crippen LogP contribution in [0.5, 0.6) is 5.75 Å². The first-order chi connectivity index (χ1) is 9.58. The van der Waals surface area contributed by atoms with Crippen molar-refractivity contribution in [2.24, 2.45) is 0 Å². The number of hydrogen-bond donors (Lipinski definition) is 2. The normalized spacial score (nSPS) is 11.4. The minimum atomic E-state index is -0.557. The van der Waals surface area contributed by atoms with Crippen molar-refractivity contribution in [2.45, 2.75) is 20.0 Å². The highest BCUT2D eigenvalue weighted by Crippen LogP contribution is 2.24. The molecule has 0 fully saturated rings. The van der Waals surface area contributed by atoms with Gasteiger partial charge in [0.2, 0.25) is 0 Å². The summed E-state index contributed by atoms with van der Waals surface area (Å²) in [4.78, 5) is 11.9. The highest BCUT2D eigenvalue weighted by atomic mass is 35.5. The molecule has 0 saturated carbocycles. The van der Waals surface area contributed by atoms with E-state index in [1.807, 2.05) is 6.92 Å². The molecular weight excluding hydrogens is 296 g/mol. The second-order valence-electron chi connectivity index (χ2n) is 4.16. The highest BCUT2D eigenvalue weighted by molar-refractivity contribution is 5.94. The number of nitrogens with two attached hydrogens (primary N) is 1. The zero-order valence-electron chi connectivity index (χ0n) is 12.5. The Hall–Kier alpha value is -1.50. The van der Waals surface area contributed by atoms with Crippen molar-refractivity contribution in [1.29, 1.82) is 0 Å².